The summed E-state index contributed by atoms with van der Waals surface area (Å²) >= 11 is 1.54. The summed E-state index contributed by atoms with van der Waals surface area (Å²) in [5.74, 6) is -0.143. The quantitative estimate of drug-likeness (QED) is 0.728. The Hall–Kier alpha value is -2.25. The lowest BCUT2D eigenvalue weighted by Crippen LogP contribution is -2.47. The molecule has 0 bridgehead atoms. The summed E-state index contributed by atoms with van der Waals surface area (Å²) in [5.41, 5.74) is 2.34. The fourth-order valence-electron chi connectivity index (χ4n) is 4.58. The number of fused-ring (bicyclic) bond motifs is 1. The minimum Gasteiger partial charge on any atom is -0.336 e. The van der Waals surface area contributed by atoms with Crippen LogP contribution in [0.4, 0.5) is 9.39 Å². The molecule has 1 N–H and O–H groups in total. The number of anilines is 1. The van der Waals surface area contributed by atoms with Gasteiger partial charge in [0.25, 0.3) is 11.8 Å². The van der Waals surface area contributed by atoms with Gasteiger partial charge in [-0.25, -0.2) is 4.39 Å². The zero-order valence-electron chi connectivity index (χ0n) is 19.3. The minimum absolute atomic E-state index is 0.0132. The molecule has 0 saturated carbocycles. The number of nitrogens with zero attached hydrogens (tertiary/aromatic N) is 2. The Morgan fingerprint density at radius 3 is 2.38 bits per heavy atom. The van der Waals surface area contributed by atoms with Crippen LogP contribution < -0.4 is 5.32 Å². The van der Waals surface area contributed by atoms with Crippen LogP contribution >= 0.6 is 11.3 Å². The first-order chi connectivity index (χ1) is 15.1. The summed E-state index contributed by atoms with van der Waals surface area (Å²) in [6.45, 7) is 9.88. The molecule has 1 atom stereocenters. The number of thiophene rings is 1. The molecule has 1 saturated heterocycles. The lowest BCUT2D eigenvalue weighted by molar-refractivity contribution is 0.0664. The number of hydrogen-bond acceptors (Lipinski definition) is 4. The summed E-state index contributed by atoms with van der Waals surface area (Å²) in [6.07, 6.45) is 2.83. The molecule has 1 fully saturated rings. The van der Waals surface area contributed by atoms with Gasteiger partial charge < -0.3 is 15.1 Å². The topological polar surface area (TPSA) is 52.6 Å². The molecule has 4 rings (SSSR count). The van der Waals surface area contributed by atoms with E-state index in [0.29, 0.717) is 35.1 Å². The standard InChI is InChI=1S/C25H32FN3O2S/c1-25(2,3)17-7-10-19-20(15-17)32-23(27-22(30)16-5-8-18(26)9-6-16)21(19)24(31)29-13-11-28(4)12-14-29/h5-6,8-9,17H,7,10-15H2,1-4H3,(H,27,30)/t17-/m0/s1. The van der Waals surface area contributed by atoms with Gasteiger partial charge in [-0.05, 0) is 67.5 Å². The second kappa shape index (κ2) is 8.94. The van der Waals surface area contributed by atoms with E-state index in [1.807, 2.05) is 4.90 Å². The Morgan fingerprint density at radius 1 is 1.09 bits per heavy atom. The zero-order valence-corrected chi connectivity index (χ0v) is 20.2. The monoisotopic (exact) mass is 457 g/mol. The van der Waals surface area contributed by atoms with Crippen LogP contribution in [-0.2, 0) is 12.8 Å². The predicted octanol–water partition coefficient (Wildman–Crippen LogP) is 4.68. The lowest BCUT2D eigenvalue weighted by Gasteiger charge is -2.35. The Bertz CT molecular complexity index is 1000. The van der Waals surface area contributed by atoms with E-state index in [-0.39, 0.29) is 23.0 Å². The van der Waals surface area contributed by atoms with Crippen LogP contribution in [0.3, 0.4) is 0 Å². The molecule has 32 heavy (non-hydrogen) atoms. The van der Waals surface area contributed by atoms with E-state index in [1.165, 1.54) is 40.5 Å². The number of halogens is 1. The van der Waals surface area contributed by atoms with Crippen LogP contribution in [0.2, 0.25) is 0 Å². The minimum atomic E-state index is -0.382. The molecule has 2 aliphatic rings. The van der Waals surface area contributed by atoms with Crippen molar-refractivity contribution in [3.63, 3.8) is 0 Å². The highest BCUT2D eigenvalue weighted by molar-refractivity contribution is 7.17. The van der Waals surface area contributed by atoms with Crippen molar-refractivity contribution >= 4 is 28.2 Å². The Balaban J connectivity index is 1.66. The Morgan fingerprint density at radius 2 is 1.75 bits per heavy atom. The lowest BCUT2D eigenvalue weighted by atomic mass is 9.72. The van der Waals surface area contributed by atoms with Crippen molar-refractivity contribution in [3.8, 4) is 0 Å². The van der Waals surface area contributed by atoms with E-state index in [0.717, 1.165) is 37.9 Å². The number of hydrogen-bond donors (Lipinski definition) is 1. The molecule has 5 nitrogen and oxygen atoms in total. The zero-order chi connectivity index (χ0) is 23.0. The van der Waals surface area contributed by atoms with Crippen molar-refractivity contribution in [2.75, 3.05) is 38.5 Å². The van der Waals surface area contributed by atoms with Gasteiger partial charge in [-0.3, -0.25) is 9.59 Å². The highest BCUT2D eigenvalue weighted by Crippen LogP contribution is 2.44. The van der Waals surface area contributed by atoms with Crippen LogP contribution in [0.5, 0.6) is 0 Å². The average Bonchev–Trinajstić information content (AvgIpc) is 3.10. The maximum Gasteiger partial charge on any atom is 0.257 e. The molecular formula is C25H32FN3O2S. The van der Waals surface area contributed by atoms with Crippen LogP contribution in [0.1, 0.15) is 58.3 Å². The van der Waals surface area contributed by atoms with Crippen molar-refractivity contribution in [1.29, 1.82) is 0 Å². The number of nitrogens with one attached hydrogen (secondary N) is 1. The van der Waals surface area contributed by atoms with Gasteiger partial charge in [0.05, 0.1) is 5.56 Å². The molecule has 0 radical (unpaired) electrons. The second-order valence-corrected chi connectivity index (χ2v) is 11.2. The van der Waals surface area contributed by atoms with Gasteiger partial charge in [0.1, 0.15) is 10.8 Å². The predicted molar refractivity (Wildman–Crippen MR) is 127 cm³/mol. The summed E-state index contributed by atoms with van der Waals surface area (Å²) in [5, 5.41) is 3.61. The van der Waals surface area contributed by atoms with Gasteiger partial charge in [0.15, 0.2) is 0 Å². The molecule has 1 aromatic heterocycles. The van der Waals surface area contributed by atoms with E-state index < -0.39 is 0 Å². The number of carbonyl (C=O) groups is 2. The van der Waals surface area contributed by atoms with Crippen LogP contribution in [0.15, 0.2) is 24.3 Å². The van der Waals surface area contributed by atoms with Gasteiger partial charge in [-0.15, -0.1) is 11.3 Å². The number of amides is 2. The maximum atomic E-state index is 13.6. The van der Waals surface area contributed by atoms with Crippen molar-refractivity contribution in [2.24, 2.45) is 11.3 Å². The fraction of sp³-hybridized carbons (Fsp3) is 0.520. The third-order valence-corrected chi connectivity index (χ3v) is 8.00. The number of benzene rings is 1. The molecular weight excluding hydrogens is 425 g/mol. The van der Waals surface area contributed by atoms with Crippen LogP contribution in [0, 0.1) is 17.2 Å². The van der Waals surface area contributed by atoms with Crippen molar-refractivity contribution in [3.05, 3.63) is 51.7 Å². The molecule has 2 aromatic rings. The largest absolute Gasteiger partial charge is 0.336 e. The molecule has 1 aromatic carbocycles. The number of likely N-dealkylation sites (N-methyl/N-ethyl adjacent to an activating group) is 1. The molecule has 7 heteroatoms. The van der Waals surface area contributed by atoms with Gasteiger partial charge in [-0.2, -0.15) is 0 Å². The Labute approximate surface area is 193 Å². The molecule has 0 unspecified atom stereocenters. The van der Waals surface area contributed by atoms with E-state index in [1.54, 1.807) is 0 Å². The fourth-order valence-corrected chi connectivity index (χ4v) is 5.90. The number of rotatable bonds is 3. The summed E-state index contributed by atoms with van der Waals surface area (Å²) in [7, 11) is 2.06. The highest BCUT2D eigenvalue weighted by Gasteiger charge is 2.35. The molecule has 2 heterocycles. The number of carbonyl (C=O) groups excluding carboxylic acids is 2. The first-order valence-corrected chi connectivity index (χ1v) is 12.1. The molecule has 1 aliphatic heterocycles. The summed E-state index contributed by atoms with van der Waals surface area (Å²) in [4.78, 5) is 31.9. The second-order valence-electron chi connectivity index (χ2n) is 10.1. The van der Waals surface area contributed by atoms with E-state index >= 15 is 0 Å². The molecule has 2 amide bonds. The van der Waals surface area contributed by atoms with Crippen molar-refractivity contribution < 1.29 is 14.0 Å². The van der Waals surface area contributed by atoms with Gasteiger partial charge >= 0.3 is 0 Å². The van der Waals surface area contributed by atoms with E-state index in [4.69, 9.17) is 0 Å². The van der Waals surface area contributed by atoms with Gasteiger partial charge in [0, 0.05) is 36.6 Å². The molecule has 0 spiro atoms. The van der Waals surface area contributed by atoms with Crippen molar-refractivity contribution in [2.45, 2.75) is 40.0 Å². The Kier molecular flexibility index (Phi) is 6.41. The number of piperazine rings is 1. The SMILES string of the molecule is CN1CCN(C(=O)c2c(NC(=O)c3ccc(F)cc3)sc3c2CC[C@H](C(C)(C)C)C3)CC1. The molecule has 172 valence electrons. The van der Waals surface area contributed by atoms with Crippen LogP contribution in [-0.4, -0.2) is 54.8 Å². The van der Waals surface area contributed by atoms with E-state index in [9.17, 15) is 14.0 Å². The highest BCUT2D eigenvalue weighted by atomic mass is 32.1. The normalized spacial score (nSPS) is 19.5. The summed E-state index contributed by atoms with van der Waals surface area (Å²) < 4.78 is 13.3. The smallest absolute Gasteiger partial charge is 0.257 e. The maximum absolute atomic E-state index is 13.6. The first kappa shape index (κ1) is 22.9. The first-order valence-electron chi connectivity index (χ1n) is 11.3. The average molecular weight is 458 g/mol. The van der Waals surface area contributed by atoms with Gasteiger partial charge in [-0.1, -0.05) is 20.8 Å². The van der Waals surface area contributed by atoms with E-state index in [2.05, 4.69) is 38.0 Å². The third kappa shape index (κ3) is 4.74. The van der Waals surface area contributed by atoms with Crippen LogP contribution in [0.25, 0.3) is 0 Å². The van der Waals surface area contributed by atoms with Gasteiger partial charge in [0.2, 0.25) is 0 Å². The summed E-state index contributed by atoms with van der Waals surface area (Å²) in [6, 6.07) is 5.49. The molecule has 1 aliphatic carbocycles. The van der Waals surface area contributed by atoms with Crippen molar-refractivity contribution in [1.82, 2.24) is 9.80 Å². The third-order valence-electron chi connectivity index (χ3n) is 6.83.